The smallest absolute Gasteiger partial charge is 0.416 e. The van der Waals surface area contributed by atoms with E-state index >= 15 is 0 Å². The minimum atomic E-state index is -4.71. The third kappa shape index (κ3) is 5.92. The van der Waals surface area contributed by atoms with Crippen LogP contribution in [0.4, 0.5) is 27.6 Å². The molecule has 12 heteroatoms. The summed E-state index contributed by atoms with van der Waals surface area (Å²) in [4.78, 5) is 29.2. The molecule has 2 saturated heterocycles. The SMILES string of the molecule is O=C(O)C1CN([C@@H]2CC[C@@](C(=O)NCc3cc(F)cc(C(F)(F)F)c3)(C3CC3)OC2)CCN1c1ccc(F)cc1. The van der Waals surface area contributed by atoms with Gasteiger partial charge in [0.1, 0.15) is 23.3 Å². The van der Waals surface area contributed by atoms with Crippen molar-refractivity contribution in [3.63, 3.8) is 0 Å². The zero-order valence-corrected chi connectivity index (χ0v) is 21.6. The molecule has 2 aromatic rings. The number of carbonyl (C=O) groups excluding carboxylic acids is 1. The highest BCUT2D eigenvalue weighted by Crippen LogP contribution is 2.47. The number of piperazine rings is 1. The van der Waals surface area contributed by atoms with Crippen molar-refractivity contribution in [3.05, 3.63) is 65.2 Å². The number of ether oxygens (including phenoxy) is 1. The van der Waals surface area contributed by atoms with E-state index in [1.165, 1.54) is 12.1 Å². The Morgan fingerprint density at radius 2 is 1.75 bits per heavy atom. The largest absolute Gasteiger partial charge is 0.480 e. The Bertz CT molecular complexity index is 1240. The van der Waals surface area contributed by atoms with E-state index in [2.05, 4.69) is 5.32 Å². The minimum Gasteiger partial charge on any atom is -0.480 e. The first-order valence-corrected chi connectivity index (χ1v) is 13.2. The summed E-state index contributed by atoms with van der Waals surface area (Å²) in [7, 11) is 0. The average molecular weight is 568 g/mol. The predicted octanol–water partition coefficient (Wildman–Crippen LogP) is 4.20. The maximum Gasteiger partial charge on any atom is 0.416 e. The van der Waals surface area contributed by atoms with Crippen LogP contribution in [0.15, 0.2) is 42.5 Å². The molecule has 3 aliphatic rings. The number of carboxylic acid groups (broad SMARTS) is 1. The molecule has 1 saturated carbocycles. The van der Waals surface area contributed by atoms with E-state index in [4.69, 9.17) is 4.74 Å². The van der Waals surface area contributed by atoms with Crippen molar-refractivity contribution in [1.29, 1.82) is 0 Å². The molecule has 2 aromatic carbocycles. The number of aliphatic carboxylic acids is 1. The van der Waals surface area contributed by atoms with Crippen molar-refractivity contribution in [2.45, 2.75) is 56.1 Å². The summed E-state index contributed by atoms with van der Waals surface area (Å²) in [5.74, 6) is -2.89. The number of hydrogen-bond donors (Lipinski definition) is 2. The van der Waals surface area contributed by atoms with Gasteiger partial charge in [-0.3, -0.25) is 9.69 Å². The van der Waals surface area contributed by atoms with E-state index in [1.54, 1.807) is 17.0 Å². The first-order chi connectivity index (χ1) is 19.0. The summed E-state index contributed by atoms with van der Waals surface area (Å²) in [6, 6.07) is 6.93. The lowest BCUT2D eigenvalue weighted by Gasteiger charge is -2.47. The number of carboxylic acids is 1. The highest BCUT2D eigenvalue weighted by atomic mass is 19.4. The van der Waals surface area contributed by atoms with Crippen LogP contribution in [-0.4, -0.2) is 65.8 Å². The Hall–Kier alpha value is -3.25. The zero-order chi connectivity index (χ0) is 28.7. The van der Waals surface area contributed by atoms with Crippen LogP contribution in [0.1, 0.15) is 36.8 Å². The molecule has 2 heterocycles. The van der Waals surface area contributed by atoms with E-state index < -0.39 is 46.9 Å². The Morgan fingerprint density at radius 3 is 2.35 bits per heavy atom. The van der Waals surface area contributed by atoms with Gasteiger partial charge in [-0.25, -0.2) is 13.6 Å². The van der Waals surface area contributed by atoms with Gasteiger partial charge in [0, 0.05) is 37.9 Å². The van der Waals surface area contributed by atoms with Gasteiger partial charge in [0.05, 0.1) is 12.2 Å². The number of anilines is 1. The van der Waals surface area contributed by atoms with Crippen LogP contribution in [0.5, 0.6) is 0 Å². The lowest BCUT2D eigenvalue weighted by molar-refractivity contribution is -0.165. The molecule has 1 aliphatic carbocycles. The molecular weight excluding hydrogens is 537 g/mol. The Balaban J connectivity index is 1.22. The van der Waals surface area contributed by atoms with Gasteiger partial charge in [-0.05, 0) is 79.6 Å². The quantitative estimate of drug-likeness (QED) is 0.489. The topological polar surface area (TPSA) is 82.1 Å². The van der Waals surface area contributed by atoms with Crippen LogP contribution in [-0.2, 0) is 27.0 Å². The lowest BCUT2D eigenvalue weighted by atomic mass is 9.85. The maximum atomic E-state index is 13.8. The van der Waals surface area contributed by atoms with Gasteiger partial charge >= 0.3 is 12.1 Å². The summed E-state index contributed by atoms with van der Waals surface area (Å²) in [6.07, 6.45) is -2.19. The molecule has 0 aromatic heterocycles. The molecular formula is C28H30F5N3O4. The van der Waals surface area contributed by atoms with E-state index in [1.807, 2.05) is 4.90 Å². The number of nitrogens with zero attached hydrogens (tertiary/aromatic N) is 2. The summed E-state index contributed by atoms with van der Waals surface area (Å²) in [5.41, 5.74) is -1.62. The molecule has 2 aliphatic heterocycles. The first-order valence-electron chi connectivity index (χ1n) is 13.2. The van der Waals surface area contributed by atoms with Crippen LogP contribution >= 0.6 is 0 Å². The second-order valence-corrected chi connectivity index (χ2v) is 10.7. The van der Waals surface area contributed by atoms with Gasteiger partial charge < -0.3 is 20.1 Å². The van der Waals surface area contributed by atoms with Crippen LogP contribution in [0.25, 0.3) is 0 Å². The van der Waals surface area contributed by atoms with Gasteiger partial charge in [0.15, 0.2) is 0 Å². The molecule has 216 valence electrons. The Labute approximate surface area is 227 Å². The minimum absolute atomic E-state index is 0.000884. The summed E-state index contributed by atoms with van der Waals surface area (Å²) in [5, 5.41) is 12.6. The van der Waals surface area contributed by atoms with Gasteiger partial charge in [-0.2, -0.15) is 13.2 Å². The van der Waals surface area contributed by atoms with Crippen molar-refractivity contribution in [3.8, 4) is 0 Å². The summed E-state index contributed by atoms with van der Waals surface area (Å²) >= 11 is 0. The standard InChI is InChI=1S/C28H30F5N3O4/c29-20-3-5-22(6-4-20)36-10-9-35(15-24(36)25(37)38)23-7-8-27(40-16-23,18-1-2-18)26(39)34-14-17-11-19(28(31,32)33)13-21(30)12-17/h3-6,11-13,18,23-24H,1-2,7-10,14-16H2,(H,34,39)(H,37,38)/t23-,24?,27+/m1/s1. The van der Waals surface area contributed by atoms with Crippen LogP contribution in [0, 0.1) is 17.6 Å². The van der Waals surface area contributed by atoms with E-state index in [9.17, 15) is 36.6 Å². The van der Waals surface area contributed by atoms with Crippen molar-refractivity contribution < 1.29 is 41.4 Å². The van der Waals surface area contributed by atoms with Crippen LogP contribution in [0.2, 0.25) is 0 Å². The van der Waals surface area contributed by atoms with Crippen molar-refractivity contribution in [1.82, 2.24) is 10.2 Å². The molecule has 7 nitrogen and oxygen atoms in total. The Kier molecular flexibility index (Phi) is 7.75. The number of carbonyl (C=O) groups is 2. The normalized spacial score (nSPS) is 26.0. The summed E-state index contributed by atoms with van der Waals surface area (Å²) in [6.45, 7) is 1.13. The van der Waals surface area contributed by atoms with Crippen molar-refractivity contribution in [2.75, 3.05) is 31.1 Å². The Morgan fingerprint density at radius 1 is 1.02 bits per heavy atom. The van der Waals surface area contributed by atoms with E-state index in [0.29, 0.717) is 37.7 Å². The second-order valence-electron chi connectivity index (χ2n) is 10.7. The summed E-state index contributed by atoms with van der Waals surface area (Å²) < 4.78 is 72.6. The van der Waals surface area contributed by atoms with E-state index in [0.717, 1.165) is 25.0 Å². The van der Waals surface area contributed by atoms with Crippen molar-refractivity contribution >= 4 is 17.6 Å². The van der Waals surface area contributed by atoms with Gasteiger partial charge in [0.25, 0.3) is 5.91 Å². The molecule has 1 unspecified atom stereocenters. The number of amides is 1. The third-order valence-corrected chi connectivity index (χ3v) is 8.11. The molecule has 40 heavy (non-hydrogen) atoms. The molecule has 1 amide bonds. The average Bonchev–Trinajstić information content (AvgIpc) is 3.77. The fourth-order valence-corrected chi connectivity index (χ4v) is 5.84. The monoisotopic (exact) mass is 567 g/mol. The first kappa shape index (κ1) is 28.3. The highest BCUT2D eigenvalue weighted by Gasteiger charge is 2.54. The fraction of sp³-hybridized carbons (Fsp3) is 0.500. The zero-order valence-electron chi connectivity index (χ0n) is 21.6. The number of alkyl halides is 3. The molecule has 5 rings (SSSR count). The third-order valence-electron chi connectivity index (χ3n) is 8.11. The second kappa shape index (κ2) is 11.0. The van der Waals surface area contributed by atoms with E-state index in [-0.39, 0.29) is 37.2 Å². The van der Waals surface area contributed by atoms with Gasteiger partial charge in [-0.1, -0.05) is 0 Å². The molecule has 2 N–H and O–H groups in total. The lowest BCUT2D eigenvalue weighted by Crippen LogP contribution is -2.62. The fourth-order valence-electron chi connectivity index (χ4n) is 5.84. The molecule has 0 spiro atoms. The number of rotatable bonds is 7. The maximum absolute atomic E-state index is 13.8. The number of hydrogen-bond acceptors (Lipinski definition) is 5. The molecule has 0 bridgehead atoms. The molecule has 0 radical (unpaired) electrons. The van der Waals surface area contributed by atoms with Crippen LogP contribution in [0.3, 0.4) is 0 Å². The molecule has 3 fully saturated rings. The van der Waals surface area contributed by atoms with Crippen LogP contribution < -0.4 is 10.2 Å². The van der Waals surface area contributed by atoms with Gasteiger partial charge in [0.2, 0.25) is 0 Å². The van der Waals surface area contributed by atoms with Gasteiger partial charge in [-0.15, -0.1) is 0 Å². The molecule has 3 atom stereocenters. The predicted molar refractivity (Wildman–Crippen MR) is 134 cm³/mol. The number of halogens is 5. The highest BCUT2D eigenvalue weighted by molar-refractivity contribution is 5.86. The van der Waals surface area contributed by atoms with Crippen molar-refractivity contribution in [2.24, 2.45) is 5.92 Å². The number of benzene rings is 2. The number of nitrogens with one attached hydrogen (secondary N) is 1.